The maximum absolute atomic E-state index is 12.2. The fourth-order valence-electron chi connectivity index (χ4n) is 2.66. The van der Waals surface area contributed by atoms with E-state index in [0.29, 0.717) is 13.1 Å². The van der Waals surface area contributed by atoms with Gasteiger partial charge in [0.05, 0.1) is 12.6 Å². The number of rotatable bonds is 2. The average molecular weight is 280 g/mol. The molecule has 106 valence electrons. The highest BCUT2D eigenvalue weighted by Gasteiger charge is 2.29. The molecular weight excluding hydrogens is 264 g/mol. The smallest absolute Gasteiger partial charge is 0.318 e. The quantitative estimate of drug-likeness (QED) is 0.850. The summed E-state index contributed by atoms with van der Waals surface area (Å²) in [6.45, 7) is 1.41. The predicted molar refractivity (Wildman–Crippen MR) is 79.4 cm³/mol. The molecule has 0 saturated carbocycles. The van der Waals surface area contributed by atoms with Crippen LogP contribution in [-0.4, -0.2) is 33.8 Å². The number of benzene rings is 1. The molecule has 2 amide bonds. The molecule has 1 aromatic carbocycles. The van der Waals surface area contributed by atoms with Crippen LogP contribution in [0.15, 0.2) is 42.7 Å². The maximum atomic E-state index is 12.2. The van der Waals surface area contributed by atoms with Crippen LogP contribution < -0.4 is 5.32 Å². The molecule has 3 rings (SSSR count). The molecule has 5 nitrogen and oxygen atoms in total. The second kappa shape index (κ2) is 5.71. The van der Waals surface area contributed by atoms with Crippen molar-refractivity contribution in [1.29, 1.82) is 0 Å². The monoisotopic (exact) mass is 280 g/mol. The third-order valence-electron chi connectivity index (χ3n) is 3.64. The van der Waals surface area contributed by atoms with Gasteiger partial charge in [-0.2, -0.15) is 5.10 Å². The lowest BCUT2D eigenvalue weighted by molar-refractivity contribution is 0.182. The summed E-state index contributed by atoms with van der Waals surface area (Å²) in [5.41, 5.74) is 2.35. The lowest BCUT2D eigenvalue weighted by atomic mass is 9.95. The van der Waals surface area contributed by atoms with Crippen molar-refractivity contribution < 1.29 is 4.79 Å². The summed E-state index contributed by atoms with van der Waals surface area (Å²) in [6.07, 6.45) is 8.86. The van der Waals surface area contributed by atoms with Gasteiger partial charge in [-0.3, -0.25) is 4.68 Å². The fourth-order valence-corrected chi connectivity index (χ4v) is 2.66. The van der Waals surface area contributed by atoms with Crippen LogP contribution in [0.4, 0.5) is 4.79 Å². The van der Waals surface area contributed by atoms with Crippen LogP contribution in [-0.2, 0) is 6.54 Å². The number of hydrogen-bond donors (Lipinski definition) is 1. The molecule has 5 heteroatoms. The summed E-state index contributed by atoms with van der Waals surface area (Å²) >= 11 is 0. The van der Waals surface area contributed by atoms with Gasteiger partial charge in [0, 0.05) is 25.5 Å². The number of fused-ring (bicyclic) bond motifs is 1. The first-order chi connectivity index (χ1) is 10.3. The number of amides is 2. The highest BCUT2D eigenvalue weighted by atomic mass is 16.2. The van der Waals surface area contributed by atoms with Gasteiger partial charge in [0.15, 0.2) is 0 Å². The van der Waals surface area contributed by atoms with Crippen molar-refractivity contribution in [2.75, 3.05) is 13.1 Å². The third-order valence-corrected chi connectivity index (χ3v) is 3.64. The van der Waals surface area contributed by atoms with Gasteiger partial charge in [-0.15, -0.1) is 6.42 Å². The Morgan fingerprint density at radius 3 is 3.05 bits per heavy atom. The van der Waals surface area contributed by atoms with Crippen molar-refractivity contribution >= 4 is 6.03 Å². The molecule has 2 aromatic rings. The molecule has 1 aliphatic rings. The van der Waals surface area contributed by atoms with Crippen molar-refractivity contribution in [2.24, 2.45) is 0 Å². The molecule has 0 spiro atoms. The van der Waals surface area contributed by atoms with Gasteiger partial charge in [-0.25, -0.2) is 4.79 Å². The van der Waals surface area contributed by atoms with Crippen LogP contribution in [0.25, 0.3) is 0 Å². The average Bonchev–Trinajstić information content (AvgIpc) is 3.05. The van der Waals surface area contributed by atoms with Gasteiger partial charge in [-0.05, 0) is 17.2 Å². The summed E-state index contributed by atoms with van der Waals surface area (Å²) in [4.78, 5) is 13.9. The van der Waals surface area contributed by atoms with E-state index in [0.717, 1.165) is 5.56 Å². The van der Waals surface area contributed by atoms with E-state index >= 15 is 0 Å². The predicted octanol–water partition coefficient (Wildman–Crippen LogP) is 1.63. The minimum Gasteiger partial charge on any atom is -0.327 e. The third kappa shape index (κ3) is 2.61. The number of carbonyl (C=O) groups excluding carboxylic acids is 1. The molecule has 21 heavy (non-hydrogen) atoms. The van der Waals surface area contributed by atoms with Gasteiger partial charge in [0.25, 0.3) is 0 Å². The zero-order chi connectivity index (χ0) is 14.7. The van der Waals surface area contributed by atoms with E-state index in [1.54, 1.807) is 11.1 Å². The van der Waals surface area contributed by atoms with E-state index in [4.69, 9.17) is 6.42 Å². The fraction of sp³-hybridized carbons (Fsp3) is 0.250. The lowest BCUT2D eigenvalue weighted by Crippen LogP contribution is -2.45. The van der Waals surface area contributed by atoms with Crippen LogP contribution in [0.2, 0.25) is 0 Å². The van der Waals surface area contributed by atoms with Gasteiger partial charge in [-0.1, -0.05) is 30.2 Å². The molecule has 0 fully saturated rings. The standard InChI is InChI=1S/C16H16N4O/c1-2-8-17-16(21)19-11-13-6-3-4-7-14(13)15(12-19)20-10-5-9-18-20/h1,3-7,9-10,15H,8,11-12H2,(H,17,21). The summed E-state index contributed by atoms with van der Waals surface area (Å²) in [6, 6.07) is 9.93. The molecule has 0 saturated heterocycles. The first-order valence-electron chi connectivity index (χ1n) is 6.83. The molecular formula is C16H16N4O. The van der Waals surface area contributed by atoms with Crippen molar-refractivity contribution in [3.63, 3.8) is 0 Å². The number of urea groups is 1. The Hall–Kier alpha value is -2.74. The Bertz CT molecular complexity index is 672. The largest absolute Gasteiger partial charge is 0.327 e. The Morgan fingerprint density at radius 2 is 2.29 bits per heavy atom. The molecule has 0 bridgehead atoms. The Kier molecular flexibility index (Phi) is 3.61. The van der Waals surface area contributed by atoms with E-state index in [1.165, 1.54) is 5.56 Å². The minimum absolute atomic E-state index is 0.0292. The van der Waals surface area contributed by atoms with E-state index in [-0.39, 0.29) is 18.6 Å². The highest BCUT2D eigenvalue weighted by molar-refractivity contribution is 5.75. The zero-order valence-corrected chi connectivity index (χ0v) is 11.6. The van der Waals surface area contributed by atoms with E-state index in [9.17, 15) is 4.79 Å². The van der Waals surface area contributed by atoms with E-state index < -0.39 is 0 Å². The Labute approximate surface area is 123 Å². The molecule has 1 unspecified atom stereocenters. The topological polar surface area (TPSA) is 50.2 Å². The second-order valence-corrected chi connectivity index (χ2v) is 4.94. The number of carbonyl (C=O) groups is 1. The van der Waals surface area contributed by atoms with Gasteiger partial charge in [0.1, 0.15) is 0 Å². The van der Waals surface area contributed by atoms with Crippen molar-refractivity contribution in [3.05, 3.63) is 53.9 Å². The van der Waals surface area contributed by atoms with Gasteiger partial charge >= 0.3 is 6.03 Å². The SMILES string of the molecule is C#CCNC(=O)N1Cc2ccccc2C(n2cccn2)C1. The van der Waals surface area contributed by atoms with Gasteiger partial charge in [0.2, 0.25) is 0 Å². The molecule has 1 atom stereocenters. The normalized spacial score (nSPS) is 16.9. The van der Waals surface area contributed by atoms with Crippen LogP contribution in [0, 0.1) is 12.3 Å². The zero-order valence-electron chi connectivity index (χ0n) is 11.6. The second-order valence-electron chi connectivity index (χ2n) is 4.94. The van der Waals surface area contributed by atoms with Crippen molar-refractivity contribution in [3.8, 4) is 12.3 Å². The maximum Gasteiger partial charge on any atom is 0.318 e. The van der Waals surface area contributed by atoms with Crippen LogP contribution in [0.3, 0.4) is 0 Å². The summed E-state index contributed by atoms with van der Waals surface area (Å²) in [7, 11) is 0. The van der Waals surface area contributed by atoms with Crippen molar-refractivity contribution in [1.82, 2.24) is 20.0 Å². The summed E-state index contributed by atoms with van der Waals surface area (Å²) < 4.78 is 1.89. The number of hydrogen-bond acceptors (Lipinski definition) is 2. The number of nitrogens with one attached hydrogen (secondary N) is 1. The van der Waals surface area contributed by atoms with Crippen molar-refractivity contribution in [2.45, 2.75) is 12.6 Å². The Morgan fingerprint density at radius 1 is 1.43 bits per heavy atom. The molecule has 2 heterocycles. The van der Waals surface area contributed by atoms with Crippen LogP contribution >= 0.6 is 0 Å². The van der Waals surface area contributed by atoms with Crippen LogP contribution in [0.1, 0.15) is 17.2 Å². The van der Waals surface area contributed by atoms with Gasteiger partial charge < -0.3 is 10.2 Å². The lowest BCUT2D eigenvalue weighted by Gasteiger charge is -2.34. The van der Waals surface area contributed by atoms with E-state index in [1.807, 2.05) is 35.1 Å². The molecule has 1 aliphatic heterocycles. The number of terminal acetylenes is 1. The number of nitrogens with zero attached hydrogens (tertiary/aromatic N) is 3. The first-order valence-corrected chi connectivity index (χ1v) is 6.83. The minimum atomic E-state index is -0.139. The molecule has 0 aliphatic carbocycles. The molecule has 1 N–H and O–H groups in total. The summed E-state index contributed by atoms with van der Waals surface area (Å²) in [5, 5.41) is 7.04. The molecule has 1 aromatic heterocycles. The molecule has 0 radical (unpaired) electrons. The highest BCUT2D eigenvalue weighted by Crippen LogP contribution is 2.28. The van der Waals surface area contributed by atoms with Crippen LogP contribution in [0.5, 0.6) is 0 Å². The number of aromatic nitrogens is 2. The van der Waals surface area contributed by atoms with E-state index in [2.05, 4.69) is 22.4 Å². The Balaban J connectivity index is 1.90. The summed E-state index contributed by atoms with van der Waals surface area (Å²) in [5.74, 6) is 2.42. The first kappa shape index (κ1) is 13.3.